The minimum Gasteiger partial charge on any atom is -0.481 e. The van der Waals surface area contributed by atoms with Crippen molar-refractivity contribution in [3.63, 3.8) is 0 Å². The molecule has 1 amide bonds. The number of carboxylic acid groups (broad SMARTS) is 1. The Labute approximate surface area is 119 Å². The van der Waals surface area contributed by atoms with E-state index in [2.05, 4.69) is 0 Å². The number of hydrogen-bond donors (Lipinski definition) is 1. The van der Waals surface area contributed by atoms with Crippen LogP contribution in [0.3, 0.4) is 0 Å². The van der Waals surface area contributed by atoms with Crippen LogP contribution in [0.25, 0.3) is 0 Å². The number of carboxylic acids is 1. The van der Waals surface area contributed by atoms with Gasteiger partial charge >= 0.3 is 5.97 Å². The number of aliphatic carboxylic acids is 1. The molecule has 20 heavy (non-hydrogen) atoms. The minimum atomic E-state index is -0.861. The molecule has 1 unspecified atom stereocenters. The maximum absolute atomic E-state index is 12.6. The third kappa shape index (κ3) is 3.18. The summed E-state index contributed by atoms with van der Waals surface area (Å²) in [6, 6.07) is 7.97. The highest BCUT2D eigenvalue weighted by atomic mass is 16.4. The Morgan fingerprint density at radius 1 is 1.35 bits per heavy atom. The first-order chi connectivity index (χ1) is 9.49. The van der Waals surface area contributed by atoms with Crippen LogP contribution in [0.15, 0.2) is 24.3 Å². The van der Waals surface area contributed by atoms with Gasteiger partial charge in [0.25, 0.3) is 0 Å². The Morgan fingerprint density at radius 2 is 2.05 bits per heavy atom. The van der Waals surface area contributed by atoms with Gasteiger partial charge in [0.2, 0.25) is 5.91 Å². The van der Waals surface area contributed by atoms with Gasteiger partial charge in [0.15, 0.2) is 0 Å². The molecule has 0 spiro atoms. The van der Waals surface area contributed by atoms with Crippen LogP contribution in [0.1, 0.15) is 37.3 Å². The lowest BCUT2D eigenvalue weighted by Crippen LogP contribution is -2.42. The number of carbonyl (C=O) groups excluding carboxylic acids is 1. The highest BCUT2D eigenvalue weighted by Gasteiger charge is 2.34. The van der Waals surface area contributed by atoms with Gasteiger partial charge < -0.3 is 10.0 Å². The second-order valence-electron chi connectivity index (χ2n) is 5.78. The smallest absolute Gasteiger partial charge is 0.305 e. The number of hydrogen-bond acceptors (Lipinski definition) is 2. The van der Waals surface area contributed by atoms with Crippen LogP contribution in [0.4, 0.5) is 0 Å². The van der Waals surface area contributed by atoms with E-state index in [0.717, 1.165) is 12.0 Å². The van der Waals surface area contributed by atoms with Gasteiger partial charge in [-0.2, -0.15) is 0 Å². The first-order valence-electron chi connectivity index (χ1n) is 7.07. The molecule has 0 bridgehead atoms. The summed E-state index contributed by atoms with van der Waals surface area (Å²) in [5.74, 6) is -0.541. The van der Waals surface area contributed by atoms with E-state index in [1.54, 1.807) is 4.90 Å². The summed E-state index contributed by atoms with van der Waals surface area (Å²) in [6.45, 7) is 4.99. The predicted octanol–water partition coefficient (Wildman–Crippen LogP) is 2.29. The third-order valence-corrected chi connectivity index (χ3v) is 3.65. The lowest BCUT2D eigenvalue weighted by atomic mass is 9.76. The fraction of sp³-hybridized carbons (Fsp3) is 0.500. The van der Waals surface area contributed by atoms with Gasteiger partial charge in [-0.05, 0) is 23.5 Å². The van der Waals surface area contributed by atoms with Crippen molar-refractivity contribution in [3.8, 4) is 0 Å². The number of carbonyl (C=O) groups is 2. The number of nitrogens with zero attached hydrogens (tertiary/aromatic N) is 1. The molecule has 1 N–H and O–H groups in total. The van der Waals surface area contributed by atoms with E-state index in [1.165, 1.54) is 5.56 Å². The van der Waals surface area contributed by atoms with Crippen molar-refractivity contribution in [1.82, 2.24) is 4.90 Å². The number of fused-ring (bicyclic) bond motifs is 1. The Hall–Kier alpha value is -1.84. The monoisotopic (exact) mass is 275 g/mol. The minimum absolute atomic E-state index is 0.00677. The van der Waals surface area contributed by atoms with Gasteiger partial charge in [-0.15, -0.1) is 0 Å². The maximum atomic E-state index is 12.6. The second-order valence-corrected chi connectivity index (χ2v) is 5.78. The zero-order chi connectivity index (χ0) is 14.7. The average molecular weight is 275 g/mol. The summed E-state index contributed by atoms with van der Waals surface area (Å²) in [4.78, 5) is 25.0. The quantitative estimate of drug-likeness (QED) is 0.866. The fourth-order valence-corrected chi connectivity index (χ4v) is 2.66. The van der Waals surface area contributed by atoms with Gasteiger partial charge in [0, 0.05) is 13.1 Å². The van der Waals surface area contributed by atoms with Crippen molar-refractivity contribution in [2.75, 3.05) is 13.1 Å². The molecule has 0 fully saturated rings. The zero-order valence-electron chi connectivity index (χ0n) is 12.0. The van der Waals surface area contributed by atoms with E-state index in [1.807, 2.05) is 38.1 Å². The van der Waals surface area contributed by atoms with Gasteiger partial charge in [-0.1, -0.05) is 38.1 Å². The van der Waals surface area contributed by atoms with Crippen molar-refractivity contribution in [2.24, 2.45) is 5.92 Å². The van der Waals surface area contributed by atoms with Crippen molar-refractivity contribution >= 4 is 11.9 Å². The Balaban J connectivity index is 2.05. The molecule has 0 aliphatic heterocycles. The normalized spacial score (nSPS) is 16.4. The Kier molecular flexibility index (Phi) is 4.42. The van der Waals surface area contributed by atoms with Crippen molar-refractivity contribution in [2.45, 2.75) is 32.6 Å². The summed E-state index contributed by atoms with van der Waals surface area (Å²) in [5.41, 5.74) is 2.33. The van der Waals surface area contributed by atoms with Crippen LogP contribution in [0.5, 0.6) is 0 Å². The molecule has 2 rings (SSSR count). The summed E-state index contributed by atoms with van der Waals surface area (Å²) in [7, 11) is 0. The first-order valence-corrected chi connectivity index (χ1v) is 7.07. The highest BCUT2D eigenvalue weighted by Crippen LogP contribution is 2.36. The Bertz CT molecular complexity index is 510. The van der Waals surface area contributed by atoms with Crippen LogP contribution >= 0.6 is 0 Å². The molecule has 0 heterocycles. The number of benzene rings is 1. The predicted molar refractivity (Wildman–Crippen MR) is 76.6 cm³/mol. The van der Waals surface area contributed by atoms with Crippen molar-refractivity contribution in [1.29, 1.82) is 0 Å². The summed E-state index contributed by atoms with van der Waals surface area (Å²) >= 11 is 0. The van der Waals surface area contributed by atoms with Crippen LogP contribution in [-0.4, -0.2) is 35.0 Å². The molecule has 1 atom stereocenters. The molecular formula is C16H21NO3. The SMILES string of the molecule is CC(C)CN(CCC(=O)O)C(=O)C1Cc2ccccc21. The van der Waals surface area contributed by atoms with Gasteiger partial charge in [-0.3, -0.25) is 9.59 Å². The number of rotatable bonds is 6. The summed E-state index contributed by atoms with van der Waals surface area (Å²) < 4.78 is 0. The van der Waals surface area contributed by atoms with Crippen LogP contribution < -0.4 is 0 Å². The molecule has 0 saturated carbocycles. The van der Waals surface area contributed by atoms with E-state index in [4.69, 9.17) is 5.11 Å². The fourth-order valence-electron chi connectivity index (χ4n) is 2.66. The molecule has 1 aliphatic carbocycles. The van der Waals surface area contributed by atoms with Gasteiger partial charge in [0.05, 0.1) is 12.3 Å². The van der Waals surface area contributed by atoms with E-state index in [0.29, 0.717) is 19.0 Å². The molecule has 108 valence electrons. The molecule has 4 heteroatoms. The molecule has 1 aromatic rings. The van der Waals surface area contributed by atoms with E-state index in [-0.39, 0.29) is 18.2 Å². The second kappa shape index (κ2) is 6.07. The topological polar surface area (TPSA) is 57.6 Å². The standard InChI is InChI=1S/C16H21NO3/c1-11(2)10-17(8-7-15(18)19)16(20)14-9-12-5-3-4-6-13(12)14/h3-6,11,14H,7-10H2,1-2H3,(H,18,19). The third-order valence-electron chi connectivity index (χ3n) is 3.65. The van der Waals surface area contributed by atoms with Crippen molar-refractivity contribution < 1.29 is 14.7 Å². The lowest BCUT2D eigenvalue weighted by molar-refractivity contribution is -0.139. The molecule has 1 aromatic carbocycles. The summed E-state index contributed by atoms with van der Waals surface area (Å²) in [6.07, 6.45) is 0.781. The highest BCUT2D eigenvalue weighted by molar-refractivity contribution is 5.87. The van der Waals surface area contributed by atoms with Crippen LogP contribution in [-0.2, 0) is 16.0 Å². The molecule has 0 aromatic heterocycles. The largest absolute Gasteiger partial charge is 0.481 e. The molecular weight excluding hydrogens is 254 g/mol. The van der Waals surface area contributed by atoms with E-state index >= 15 is 0 Å². The molecule has 0 radical (unpaired) electrons. The summed E-state index contributed by atoms with van der Waals surface area (Å²) in [5, 5.41) is 8.81. The molecule has 4 nitrogen and oxygen atoms in total. The molecule has 1 aliphatic rings. The van der Waals surface area contributed by atoms with Crippen LogP contribution in [0, 0.1) is 5.92 Å². The maximum Gasteiger partial charge on any atom is 0.305 e. The van der Waals surface area contributed by atoms with E-state index < -0.39 is 5.97 Å². The van der Waals surface area contributed by atoms with Crippen LogP contribution in [0.2, 0.25) is 0 Å². The molecule has 0 saturated heterocycles. The lowest BCUT2D eigenvalue weighted by Gasteiger charge is -2.34. The van der Waals surface area contributed by atoms with Crippen molar-refractivity contribution in [3.05, 3.63) is 35.4 Å². The zero-order valence-corrected chi connectivity index (χ0v) is 12.0. The van der Waals surface area contributed by atoms with E-state index in [9.17, 15) is 9.59 Å². The van der Waals surface area contributed by atoms with Gasteiger partial charge in [-0.25, -0.2) is 0 Å². The number of amides is 1. The first kappa shape index (κ1) is 14.6. The van der Waals surface area contributed by atoms with Gasteiger partial charge in [0.1, 0.15) is 0 Å². The average Bonchev–Trinajstić information content (AvgIpc) is 2.35. The Morgan fingerprint density at radius 3 is 2.65 bits per heavy atom.